The summed E-state index contributed by atoms with van der Waals surface area (Å²) in [5.74, 6) is 1.81. The molecule has 2 aliphatic rings. The maximum Gasteiger partial charge on any atom is 0.00664 e. The number of nitrogens with zero attached hydrogens (tertiary/aromatic N) is 1. The molecule has 2 fully saturated rings. The van der Waals surface area contributed by atoms with Crippen LogP contribution in [0.3, 0.4) is 0 Å². The van der Waals surface area contributed by atoms with E-state index in [0.717, 1.165) is 23.3 Å². The molecule has 1 spiro atoms. The van der Waals surface area contributed by atoms with Crippen molar-refractivity contribution in [2.24, 2.45) is 17.3 Å². The van der Waals surface area contributed by atoms with Crippen LogP contribution in [-0.2, 0) is 0 Å². The van der Waals surface area contributed by atoms with Gasteiger partial charge in [-0.3, -0.25) is 0 Å². The fourth-order valence-electron chi connectivity index (χ4n) is 3.62. The summed E-state index contributed by atoms with van der Waals surface area (Å²) >= 11 is 0. The molecule has 2 unspecified atom stereocenters. The summed E-state index contributed by atoms with van der Waals surface area (Å²) in [5, 5.41) is 3.49. The Morgan fingerprint density at radius 3 is 2.47 bits per heavy atom. The van der Waals surface area contributed by atoms with E-state index in [1.54, 1.807) is 0 Å². The molecule has 1 N–H and O–H groups in total. The van der Waals surface area contributed by atoms with Gasteiger partial charge >= 0.3 is 0 Å². The summed E-state index contributed by atoms with van der Waals surface area (Å²) < 4.78 is 0. The molecule has 100 valence electrons. The number of hydrogen-bond acceptors (Lipinski definition) is 2. The summed E-state index contributed by atoms with van der Waals surface area (Å²) in [4.78, 5) is 2.60. The van der Waals surface area contributed by atoms with Crippen LogP contribution in [0.4, 0.5) is 0 Å². The second-order valence-electron chi connectivity index (χ2n) is 6.93. The van der Waals surface area contributed by atoms with Gasteiger partial charge in [-0.15, -0.1) is 0 Å². The summed E-state index contributed by atoms with van der Waals surface area (Å²) in [6.45, 7) is 10.9. The van der Waals surface area contributed by atoms with Gasteiger partial charge in [0.25, 0.3) is 0 Å². The van der Waals surface area contributed by atoms with Gasteiger partial charge in [-0.25, -0.2) is 0 Å². The fourth-order valence-corrected chi connectivity index (χ4v) is 3.62. The molecule has 17 heavy (non-hydrogen) atoms. The minimum absolute atomic E-state index is 0.745. The molecule has 2 atom stereocenters. The van der Waals surface area contributed by atoms with Gasteiger partial charge in [0, 0.05) is 12.6 Å². The average molecular weight is 238 g/mol. The number of hydrogen-bond donors (Lipinski definition) is 1. The monoisotopic (exact) mass is 238 g/mol. The summed E-state index contributed by atoms with van der Waals surface area (Å²) in [7, 11) is 2.32. The predicted molar refractivity (Wildman–Crippen MR) is 74.2 cm³/mol. The zero-order valence-electron chi connectivity index (χ0n) is 12.1. The average Bonchev–Trinajstić information content (AvgIpc) is 2.90. The van der Waals surface area contributed by atoms with Crippen LogP contribution in [-0.4, -0.2) is 37.6 Å². The fraction of sp³-hybridized carbons (Fsp3) is 1.00. The van der Waals surface area contributed by atoms with Crippen LogP contribution in [0.15, 0.2) is 0 Å². The zero-order valence-corrected chi connectivity index (χ0v) is 12.1. The largest absolute Gasteiger partial charge is 0.317 e. The molecule has 1 heterocycles. The third-order valence-corrected chi connectivity index (χ3v) is 5.03. The summed E-state index contributed by atoms with van der Waals surface area (Å²) in [6, 6.07) is 0.745. The highest BCUT2D eigenvalue weighted by Gasteiger charge is 2.53. The Morgan fingerprint density at radius 1 is 1.24 bits per heavy atom. The lowest BCUT2D eigenvalue weighted by Gasteiger charge is -2.29. The first-order chi connectivity index (χ1) is 8.03. The smallest absolute Gasteiger partial charge is 0.00664 e. The van der Waals surface area contributed by atoms with E-state index in [-0.39, 0.29) is 0 Å². The van der Waals surface area contributed by atoms with Crippen LogP contribution < -0.4 is 5.32 Å². The van der Waals surface area contributed by atoms with Crippen molar-refractivity contribution < 1.29 is 0 Å². The lowest BCUT2D eigenvalue weighted by atomic mass is 9.91. The van der Waals surface area contributed by atoms with E-state index in [0.29, 0.717) is 0 Å². The Hall–Kier alpha value is -0.0800. The Balaban J connectivity index is 1.75. The van der Waals surface area contributed by atoms with Crippen molar-refractivity contribution in [2.45, 2.75) is 52.5 Å². The molecule has 1 aliphatic carbocycles. The van der Waals surface area contributed by atoms with Crippen LogP contribution in [0.2, 0.25) is 0 Å². The van der Waals surface area contributed by atoms with Crippen molar-refractivity contribution in [1.82, 2.24) is 10.2 Å². The molecule has 1 saturated heterocycles. The number of nitrogens with one attached hydrogen (secondary N) is 1. The second kappa shape index (κ2) is 5.27. The van der Waals surface area contributed by atoms with Gasteiger partial charge in [-0.05, 0) is 70.0 Å². The highest BCUT2D eigenvalue weighted by atomic mass is 15.1. The van der Waals surface area contributed by atoms with E-state index < -0.39 is 0 Å². The maximum absolute atomic E-state index is 3.49. The predicted octanol–water partition coefficient (Wildman–Crippen LogP) is 2.74. The molecule has 2 heteroatoms. The van der Waals surface area contributed by atoms with E-state index in [2.05, 4.69) is 38.0 Å². The highest BCUT2D eigenvalue weighted by Crippen LogP contribution is 2.58. The first-order valence-electron chi connectivity index (χ1n) is 7.44. The molecule has 0 amide bonds. The minimum atomic E-state index is 0.745. The van der Waals surface area contributed by atoms with Gasteiger partial charge in [0.1, 0.15) is 0 Å². The molecule has 0 aromatic carbocycles. The van der Waals surface area contributed by atoms with Crippen molar-refractivity contribution in [2.75, 3.05) is 26.7 Å². The second-order valence-corrected chi connectivity index (χ2v) is 6.93. The van der Waals surface area contributed by atoms with Crippen molar-refractivity contribution in [3.05, 3.63) is 0 Å². The Morgan fingerprint density at radius 2 is 1.88 bits per heavy atom. The van der Waals surface area contributed by atoms with Crippen LogP contribution in [0.25, 0.3) is 0 Å². The van der Waals surface area contributed by atoms with E-state index in [1.807, 2.05) is 0 Å². The molecular weight excluding hydrogens is 208 g/mol. The number of piperidine rings is 1. The summed E-state index contributed by atoms with van der Waals surface area (Å²) in [6.07, 6.45) is 5.67. The van der Waals surface area contributed by atoms with Gasteiger partial charge < -0.3 is 10.2 Å². The lowest BCUT2D eigenvalue weighted by Crippen LogP contribution is -2.35. The van der Waals surface area contributed by atoms with Crippen molar-refractivity contribution in [3.8, 4) is 0 Å². The molecule has 0 radical (unpaired) electrons. The Labute approximate surface area is 107 Å². The third kappa shape index (κ3) is 3.23. The molecule has 0 aromatic heterocycles. The SMILES string of the molecule is CC(C)CC(C)N(C)CC1CC12CCNCC2. The van der Waals surface area contributed by atoms with E-state index in [9.17, 15) is 0 Å². The normalized spacial score (nSPS) is 28.9. The maximum atomic E-state index is 3.49. The molecule has 0 bridgehead atoms. The number of rotatable bonds is 5. The van der Waals surface area contributed by atoms with E-state index >= 15 is 0 Å². The summed E-state index contributed by atoms with van der Waals surface area (Å²) in [5.41, 5.74) is 0.747. The van der Waals surface area contributed by atoms with Gasteiger partial charge in [0.05, 0.1) is 0 Å². The van der Waals surface area contributed by atoms with Gasteiger partial charge in [0.2, 0.25) is 0 Å². The van der Waals surface area contributed by atoms with Crippen molar-refractivity contribution in [1.29, 1.82) is 0 Å². The molecule has 2 nitrogen and oxygen atoms in total. The van der Waals surface area contributed by atoms with Gasteiger partial charge in [0.15, 0.2) is 0 Å². The van der Waals surface area contributed by atoms with Crippen molar-refractivity contribution in [3.63, 3.8) is 0 Å². The third-order valence-electron chi connectivity index (χ3n) is 5.03. The molecule has 2 rings (SSSR count). The topological polar surface area (TPSA) is 15.3 Å². The quantitative estimate of drug-likeness (QED) is 0.792. The van der Waals surface area contributed by atoms with Gasteiger partial charge in [-0.2, -0.15) is 0 Å². The Bertz CT molecular complexity index is 243. The van der Waals surface area contributed by atoms with Crippen molar-refractivity contribution >= 4 is 0 Å². The van der Waals surface area contributed by atoms with Crippen LogP contribution in [0.5, 0.6) is 0 Å². The van der Waals surface area contributed by atoms with Crippen LogP contribution in [0, 0.1) is 17.3 Å². The van der Waals surface area contributed by atoms with Crippen LogP contribution in [0.1, 0.15) is 46.5 Å². The molecular formula is C15H30N2. The standard InChI is InChI=1S/C15H30N2/c1-12(2)9-13(3)17(4)11-14-10-15(14)5-7-16-8-6-15/h12-14,16H,5-11H2,1-4H3. The highest BCUT2D eigenvalue weighted by molar-refractivity contribution is 5.05. The molecule has 1 saturated carbocycles. The lowest BCUT2D eigenvalue weighted by molar-refractivity contribution is 0.199. The first-order valence-corrected chi connectivity index (χ1v) is 7.44. The molecule has 0 aromatic rings. The zero-order chi connectivity index (χ0) is 12.5. The van der Waals surface area contributed by atoms with Crippen LogP contribution >= 0.6 is 0 Å². The Kier molecular flexibility index (Phi) is 4.14. The molecule has 1 aliphatic heterocycles. The van der Waals surface area contributed by atoms with Gasteiger partial charge in [-0.1, -0.05) is 13.8 Å². The minimum Gasteiger partial charge on any atom is -0.317 e. The van der Waals surface area contributed by atoms with E-state index in [1.165, 1.54) is 45.3 Å². The van der Waals surface area contributed by atoms with E-state index in [4.69, 9.17) is 0 Å². The first kappa shape index (κ1) is 13.4.